The summed E-state index contributed by atoms with van der Waals surface area (Å²) < 4.78 is 10.9. The highest BCUT2D eigenvalue weighted by molar-refractivity contribution is 6.06. The number of hydrogen-bond donors (Lipinski definition) is 0. The number of para-hydroxylation sites is 1. The maximum Gasteiger partial charge on any atom is 0.338 e. The average molecular weight is 437 g/mol. The molecule has 3 aromatic carbocycles. The average Bonchev–Trinajstić information content (AvgIpc) is 2.83. The highest BCUT2D eigenvalue weighted by Gasteiger charge is 2.22. The van der Waals surface area contributed by atoms with E-state index >= 15 is 0 Å². The molecule has 0 aliphatic carbocycles. The molecule has 4 rings (SSSR count). The van der Waals surface area contributed by atoms with E-state index in [0.717, 1.165) is 33.0 Å². The van der Waals surface area contributed by atoms with E-state index < -0.39 is 0 Å². The zero-order chi connectivity index (χ0) is 23.4. The summed E-state index contributed by atoms with van der Waals surface area (Å²) >= 11 is 0. The van der Waals surface area contributed by atoms with Gasteiger partial charge in [-0.15, -0.1) is 10.2 Å². The molecule has 1 aromatic heterocycles. The Balaban J connectivity index is 2.04. The first-order valence-electron chi connectivity index (χ1n) is 10.7. The number of rotatable bonds is 4. The first kappa shape index (κ1) is 22.0. The van der Waals surface area contributed by atoms with Crippen molar-refractivity contribution in [2.75, 3.05) is 13.7 Å². The zero-order valence-corrected chi connectivity index (χ0v) is 19.1. The van der Waals surface area contributed by atoms with Crippen molar-refractivity contribution < 1.29 is 14.3 Å². The second-order valence-electron chi connectivity index (χ2n) is 7.55. The van der Waals surface area contributed by atoms with Gasteiger partial charge >= 0.3 is 5.97 Å². The van der Waals surface area contributed by atoms with E-state index in [-0.39, 0.29) is 5.97 Å². The normalized spacial score (nSPS) is 10.4. The first-order valence-corrected chi connectivity index (χ1v) is 10.7. The topological polar surface area (TPSA) is 61.3 Å². The Morgan fingerprint density at radius 2 is 1.70 bits per heavy atom. The number of methoxy groups -OCH3 is 1. The Hall–Kier alpha value is -4.17. The van der Waals surface area contributed by atoms with Crippen molar-refractivity contribution in [1.82, 2.24) is 10.2 Å². The summed E-state index contributed by atoms with van der Waals surface area (Å²) in [5, 5.41) is 10.7. The molecule has 0 bridgehead atoms. The quantitative estimate of drug-likeness (QED) is 0.312. The van der Waals surface area contributed by atoms with Crippen molar-refractivity contribution in [3.8, 4) is 28.8 Å². The van der Waals surface area contributed by atoms with Crippen molar-refractivity contribution in [2.45, 2.75) is 20.8 Å². The van der Waals surface area contributed by atoms with E-state index in [0.29, 0.717) is 29.3 Å². The number of carbonyl (C=O) groups is 1. The smallest absolute Gasteiger partial charge is 0.338 e. The summed E-state index contributed by atoms with van der Waals surface area (Å²) in [5.41, 5.74) is 4.99. The van der Waals surface area contributed by atoms with E-state index in [1.807, 2.05) is 74.5 Å². The fourth-order valence-corrected chi connectivity index (χ4v) is 3.98. The Labute approximate surface area is 193 Å². The van der Waals surface area contributed by atoms with Gasteiger partial charge in [0, 0.05) is 21.9 Å². The Kier molecular flexibility index (Phi) is 6.37. The first-order chi connectivity index (χ1) is 16.0. The monoisotopic (exact) mass is 436 g/mol. The Morgan fingerprint density at radius 3 is 2.42 bits per heavy atom. The molecule has 5 heteroatoms. The van der Waals surface area contributed by atoms with Crippen molar-refractivity contribution in [3.63, 3.8) is 0 Å². The Bertz CT molecular complexity index is 1400. The minimum absolute atomic E-state index is 0.303. The van der Waals surface area contributed by atoms with Gasteiger partial charge in [0.05, 0.1) is 19.3 Å². The maximum absolute atomic E-state index is 12.8. The number of esters is 1. The summed E-state index contributed by atoms with van der Waals surface area (Å²) in [6.07, 6.45) is 0. The van der Waals surface area contributed by atoms with Crippen LogP contribution in [-0.2, 0) is 4.74 Å². The van der Waals surface area contributed by atoms with Crippen molar-refractivity contribution in [1.29, 1.82) is 0 Å². The fraction of sp³-hybridized carbons (Fsp3) is 0.179. The highest BCUT2D eigenvalue weighted by Crippen LogP contribution is 2.36. The summed E-state index contributed by atoms with van der Waals surface area (Å²) in [5.74, 6) is 6.66. The molecule has 5 nitrogen and oxygen atoms in total. The van der Waals surface area contributed by atoms with Crippen LogP contribution in [0, 0.1) is 25.7 Å². The zero-order valence-electron chi connectivity index (χ0n) is 19.1. The molecule has 164 valence electrons. The number of nitrogens with zero attached hydrogens (tertiary/aromatic N) is 2. The predicted octanol–water partition coefficient (Wildman–Crippen LogP) is 5.50. The van der Waals surface area contributed by atoms with Crippen LogP contribution in [0.25, 0.3) is 22.0 Å². The molecule has 0 unspecified atom stereocenters. The number of aryl methyl sites for hydroxylation is 2. The Morgan fingerprint density at radius 1 is 0.970 bits per heavy atom. The lowest BCUT2D eigenvalue weighted by atomic mass is 9.92. The highest BCUT2D eigenvalue weighted by atomic mass is 16.5. The predicted molar refractivity (Wildman–Crippen MR) is 129 cm³/mol. The molecule has 0 atom stereocenters. The van der Waals surface area contributed by atoms with Gasteiger partial charge in [0.1, 0.15) is 17.1 Å². The minimum atomic E-state index is -0.355. The molecule has 4 aromatic rings. The van der Waals surface area contributed by atoms with Crippen LogP contribution in [0.2, 0.25) is 0 Å². The molecule has 0 aliphatic rings. The number of benzene rings is 3. The van der Waals surface area contributed by atoms with Gasteiger partial charge in [-0.05, 0) is 68.2 Å². The molecule has 0 N–H and O–H groups in total. The van der Waals surface area contributed by atoms with Crippen LogP contribution in [0.3, 0.4) is 0 Å². The summed E-state index contributed by atoms with van der Waals surface area (Å²) in [6, 6.07) is 19.3. The van der Waals surface area contributed by atoms with E-state index in [1.165, 1.54) is 0 Å². The SMILES string of the molecule is CCOC(=O)c1c(C)cc2c(-c3ccccc3OC)nnc(C#Cc3ccccc3)c2c1C. The van der Waals surface area contributed by atoms with E-state index in [4.69, 9.17) is 9.47 Å². The molecule has 0 aliphatic heterocycles. The van der Waals surface area contributed by atoms with Crippen LogP contribution < -0.4 is 4.74 Å². The fourth-order valence-electron chi connectivity index (χ4n) is 3.98. The van der Waals surface area contributed by atoms with Crippen LogP contribution >= 0.6 is 0 Å². The lowest BCUT2D eigenvalue weighted by Gasteiger charge is -2.16. The van der Waals surface area contributed by atoms with Crippen molar-refractivity contribution in [2.24, 2.45) is 0 Å². The third-order valence-electron chi connectivity index (χ3n) is 5.46. The van der Waals surface area contributed by atoms with Gasteiger partial charge in [0.2, 0.25) is 0 Å². The lowest BCUT2D eigenvalue weighted by Crippen LogP contribution is -2.10. The van der Waals surface area contributed by atoms with Gasteiger partial charge in [-0.25, -0.2) is 4.79 Å². The molecule has 1 heterocycles. The molecular formula is C28H24N2O3. The van der Waals surface area contributed by atoms with Gasteiger partial charge in [0.25, 0.3) is 0 Å². The molecule has 0 saturated heterocycles. The van der Waals surface area contributed by atoms with Gasteiger partial charge in [-0.2, -0.15) is 0 Å². The van der Waals surface area contributed by atoms with Gasteiger partial charge < -0.3 is 9.47 Å². The summed E-state index contributed by atoms with van der Waals surface area (Å²) in [7, 11) is 1.63. The van der Waals surface area contributed by atoms with E-state index in [9.17, 15) is 4.79 Å². The maximum atomic E-state index is 12.8. The lowest BCUT2D eigenvalue weighted by molar-refractivity contribution is 0.0525. The van der Waals surface area contributed by atoms with Crippen molar-refractivity contribution in [3.05, 3.63) is 88.6 Å². The minimum Gasteiger partial charge on any atom is -0.496 e. The summed E-state index contributed by atoms with van der Waals surface area (Å²) in [4.78, 5) is 12.8. The van der Waals surface area contributed by atoms with Crippen molar-refractivity contribution >= 4 is 16.7 Å². The van der Waals surface area contributed by atoms with Gasteiger partial charge in [-0.3, -0.25) is 0 Å². The third-order valence-corrected chi connectivity index (χ3v) is 5.46. The molecule has 0 fully saturated rings. The van der Waals surface area contributed by atoms with Crippen LogP contribution in [-0.4, -0.2) is 29.9 Å². The molecular weight excluding hydrogens is 412 g/mol. The number of ether oxygens (including phenoxy) is 2. The molecule has 33 heavy (non-hydrogen) atoms. The third kappa shape index (κ3) is 4.28. The van der Waals surface area contributed by atoms with Gasteiger partial charge in [0.15, 0.2) is 0 Å². The van der Waals surface area contributed by atoms with Crippen LogP contribution in [0.1, 0.15) is 39.7 Å². The van der Waals surface area contributed by atoms with Crippen LogP contribution in [0.4, 0.5) is 0 Å². The van der Waals surface area contributed by atoms with Crippen LogP contribution in [0.5, 0.6) is 5.75 Å². The number of carbonyl (C=O) groups excluding carboxylic acids is 1. The second kappa shape index (κ2) is 9.54. The standard InChI is InChI=1S/C28H24N2O3/c1-5-33-28(31)25-18(2)17-22-26(19(25)3)23(16-15-20-11-7-6-8-12-20)29-30-27(22)21-13-9-10-14-24(21)32-4/h6-14,17H,5H2,1-4H3. The van der Waals surface area contributed by atoms with E-state index in [1.54, 1.807) is 14.0 Å². The second-order valence-corrected chi connectivity index (χ2v) is 7.55. The molecule has 0 saturated carbocycles. The van der Waals surface area contributed by atoms with E-state index in [2.05, 4.69) is 22.0 Å². The number of fused-ring (bicyclic) bond motifs is 1. The van der Waals surface area contributed by atoms with Crippen LogP contribution in [0.15, 0.2) is 60.7 Å². The molecule has 0 radical (unpaired) electrons. The summed E-state index contributed by atoms with van der Waals surface area (Å²) in [6.45, 7) is 5.91. The molecule has 0 amide bonds. The number of hydrogen-bond acceptors (Lipinski definition) is 5. The number of aromatic nitrogens is 2. The molecule has 0 spiro atoms. The largest absolute Gasteiger partial charge is 0.496 e. The van der Waals surface area contributed by atoms with Gasteiger partial charge in [-0.1, -0.05) is 36.3 Å².